The number of nitrogens with two attached hydrogens (primary N) is 2. The van der Waals surface area contributed by atoms with Crippen molar-refractivity contribution in [1.82, 2.24) is 28.7 Å². The molecule has 22 nitrogen and oxygen atoms in total. The molecule has 0 bridgehead atoms. The van der Waals surface area contributed by atoms with Gasteiger partial charge in [-0.2, -0.15) is 0 Å². The van der Waals surface area contributed by atoms with E-state index in [2.05, 4.69) is 87.8 Å². The van der Waals surface area contributed by atoms with E-state index in [-0.39, 0.29) is 23.5 Å². The Bertz CT molecular complexity index is 3640. The minimum absolute atomic E-state index is 0.0173. The van der Waals surface area contributed by atoms with E-state index in [0.29, 0.717) is 69.0 Å². The van der Waals surface area contributed by atoms with Gasteiger partial charge in [0.05, 0.1) is 42.3 Å². The molecule has 90 heavy (non-hydrogen) atoms. The Morgan fingerprint density at radius 2 is 0.800 bits per heavy atom. The normalized spacial score (nSPS) is 11.3. The van der Waals surface area contributed by atoms with Crippen LogP contribution in [-0.4, -0.2) is 110 Å². The van der Waals surface area contributed by atoms with Crippen LogP contribution in [0, 0.1) is 10.8 Å². The standard InChI is InChI=1S/2C32H38N6O3.2C2H4O2/c2*1-32(2,3)41-31(40)36-25-12-15-27-24(17-25)18-28(37(27)20-22-8-7-9-23(16-22)29(33)34)30(39)35-19-21-10-13-26(14-11-21)38(4,5)6;2*1-2(3)4/h2*7-18H,19-20H2,1-6H3,(H4-,33,34,35,36,39,40);2*1H3,(H,3,4). The zero-order chi connectivity index (χ0) is 67.1. The number of carboxylic acid groups (broad SMARTS) is 2. The molecule has 8 rings (SSSR count). The van der Waals surface area contributed by atoms with Crippen LogP contribution in [0.4, 0.5) is 32.3 Å². The number of hydrogen-bond donors (Lipinski definition) is 8. The number of carboxylic acids is 2. The summed E-state index contributed by atoms with van der Waals surface area (Å²) in [4.78, 5) is 69.5. The monoisotopic (exact) mass is 1230 g/mol. The van der Waals surface area contributed by atoms with Crippen LogP contribution >= 0.6 is 0 Å². The predicted octanol–water partition coefficient (Wildman–Crippen LogP) is 8.41. The summed E-state index contributed by atoms with van der Waals surface area (Å²) in [5, 5.41) is 46.6. The van der Waals surface area contributed by atoms with Crippen molar-refractivity contribution in [2.24, 2.45) is 11.5 Å². The number of aromatic nitrogens is 2. The summed E-state index contributed by atoms with van der Waals surface area (Å²) in [6, 6.07) is 45.8. The number of aliphatic carboxylic acids is 2. The highest BCUT2D eigenvalue weighted by Crippen LogP contribution is 2.29. The van der Waals surface area contributed by atoms with Crippen molar-refractivity contribution in [3.8, 4) is 0 Å². The molecule has 0 fully saturated rings. The Balaban J connectivity index is 0.000000292. The zero-order valence-electron chi connectivity index (χ0n) is 53.7. The van der Waals surface area contributed by atoms with Crippen molar-refractivity contribution >= 4 is 92.2 Å². The largest absolute Gasteiger partial charge is 0.550 e. The van der Waals surface area contributed by atoms with Gasteiger partial charge in [0.15, 0.2) is 0 Å². The second-order valence-electron chi connectivity index (χ2n) is 25.0. The highest BCUT2D eigenvalue weighted by molar-refractivity contribution is 6.02. The lowest BCUT2D eigenvalue weighted by atomic mass is 10.1. The molecule has 0 aliphatic heterocycles. The lowest BCUT2D eigenvalue weighted by Crippen LogP contribution is -2.34. The van der Waals surface area contributed by atoms with Gasteiger partial charge in [0.1, 0.15) is 45.6 Å². The molecule has 22 heteroatoms. The van der Waals surface area contributed by atoms with Gasteiger partial charge in [-0.15, -0.1) is 0 Å². The highest BCUT2D eigenvalue weighted by Gasteiger charge is 2.23. The molecule has 0 radical (unpaired) electrons. The van der Waals surface area contributed by atoms with Gasteiger partial charge in [-0.1, -0.05) is 60.7 Å². The van der Waals surface area contributed by atoms with E-state index in [1.165, 1.54) is 11.4 Å². The molecule has 4 amide bonds. The number of quaternary nitrogens is 2. The molecular formula is C68H84N12O10. The summed E-state index contributed by atoms with van der Waals surface area (Å²) < 4.78 is 16.0. The van der Waals surface area contributed by atoms with Gasteiger partial charge in [-0.3, -0.25) is 40.0 Å². The van der Waals surface area contributed by atoms with Gasteiger partial charge in [-0.05, 0) is 163 Å². The van der Waals surface area contributed by atoms with Gasteiger partial charge in [0.25, 0.3) is 11.8 Å². The fraction of sp³-hybridized carbons (Fsp3) is 0.294. The quantitative estimate of drug-likeness (QED) is 0.0257. The summed E-state index contributed by atoms with van der Waals surface area (Å²) in [5.74, 6) is -2.64. The predicted molar refractivity (Wildman–Crippen MR) is 352 cm³/mol. The van der Waals surface area contributed by atoms with Crippen LogP contribution in [0.15, 0.2) is 146 Å². The molecule has 2 aromatic heterocycles. The molecule has 476 valence electrons. The van der Waals surface area contributed by atoms with Crippen LogP contribution in [0.2, 0.25) is 0 Å². The highest BCUT2D eigenvalue weighted by atomic mass is 16.6. The molecule has 0 aliphatic carbocycles. The number of nitrogens with zero attached hydrogens (tertiary/aromatic N) is 4. The third-order valence-corrected chi connectivity index (χ3v) is 13.0. The number of anilines is 2. The first-order chi connectivity index (χ1) is 41.8. The molecule has 0 saturated heterocycles. The Morgan fingerprint density at radius 1 is 0.478 bits per heavy atom. The van der Waals surface area contributed by atoms with E-state index in [1.807, 2.05) is 106 Å². The summed E-state index contributed by atoms with van der Waals surface area (Å²) in [7, 11) is 12.6. The number of carbonyl (C=O) groups is 6. The van der Waals surface area contributed by atoms with Crippen LogP contribution in [0.5, 0.6) is 0 Å². The minimum Gasteiger partial charge on any atom is -0.550 e. The Hall–Kier alpha value is -10.3. The first kappa shape index (κ1) is 70.4. The number of amides is 4. The second-order valence-corrected chi connectivity index (χ2v) is 25.0. The number of carbonyl (C=O) groups excluding carboxylic acids is 6. The number of rotatable bonds is 16. The van der Waals surface area contributed by atoms with Crippen molar-refractivity contribution in [2.75, 3.05) is 52.9 Å². The molecule has 0 saturated carbocycles. The Labute approximate surface area is 525 Å². The van der Waals surface area contributed by atoms with Gasteiger partial charge in [0, 0.05) is 82.4 Å². The maximum absolute atomic E-state index is 13.5. The van der Waals surface area contributed by atoms with Crippen molar-refractivity contribution in [3.63, 3.8) is 0 Å². The van der Waals surface area contributed by atoms with E-state index >= 15 is 0 Å². The average molecular weight is 1230 g/mol. The zero-order valence-corrected chi connectivity index (χ0v) is 53.7. The lowest BCUT2D eigenvalue weighted by Gasteiger charge is -2.23. The van der Waals surface area contributed by atoms with E-state index in [1.54, 1.807) is 65.8 Å². The van der Waals surface area contributed by atoms with Crippen molar-refractivity contribution in [2.45, 2.75) is 92.8 Å². The Kier molecular flexibility index (Phi) is 23.5. The minimum atomic E-state index is -1.08. The van der Waals surface area contributed by atoms with Gasteiger partial charge >= 0.3 is 12.2 Å². The van der Waals surface area contributed by atoms with Gasteiger partial charge in [0.2, 0.25) is 0 Å². The summed E-state index contributed by atoms with van der Waals surface area (Å²) in [6.45, 7) is 14.3. The summed E-state index contributed by atoms with van der Waals surface area (Å²) >= 11 is 0. The molecule has 6 aromatic carbocycles. The average Bonchev–Trinajstić information content (AvgIpc) is 1.83. The number of amidine groups is 2. The smallest absolute Gasteiger partial charge is 0.412 e. The van der Waals surface area contributed by atoms with Crippen molar-refractivity contribution in [1.29, 1.82) is 10.8 Å². The SMILES string of the molecule is CC(=O)[O-].CC(=O)[O-].CC(C)(C)OC(=O)Nc1ccc2c(c1)cc(C(=O)NCc1ccc([N+](C)(C)C)cc1)n2Cc1cccc(C(=N)N)c1.CC(C)(C)OC(=O)Nc1ccc2c(c1)cc(C(=O)NCc1ccc([N+](C)(C)C)cc1)n2Cc1cccc(C(=N)N)c1. The number of ether oxygens (including phenoxy) is 2. The third kappa shape index (κ3) is 22.1. The molecule has 2 heterocycles. The van der Waals surface area contributed by atoms with Crippen molar-refractivity contribution in [3.05, 3.63) is 190 Å². The molecule has 0 spiro atoms. The van der Waals surface area contributed by atoms with Gasteiger partial charge in [-0.25, -0.2) is 9.59 Å². The first-order valence-corrected chi connectivity index (χ1v) is 28.7. The van der Waals surface area contributed by atoms with E-state index < -0.39 is 35.3 Å². The lowest BCUT2D eigenvalue weighted by molar-refractivity contribution is -0.303. The van der Waals surface area contributed by atoms with Gasteiger partial charge < -0.3 is 60.5 Å². The fourth-order valence-corrected chi connectivity index (χ4v) is 8.96. The van der Waals surface area contributed by atoms with Crippen LogP contribution in [0.25, 0.3) is 21.8 Å². The topological polar surface area (TPSA) is 325 Å². The molecule has 0 atom stereocenters. The molecule has 0 unspecified atom stereocenters. The van der Waals surface area contributed by atoms with E-state index in [9.17, 15) is 19.2 Å². The first-order valence-electron chi connectivity index (χ1n) is 28.7. The van der Waals surface area contributed by atoms with E-state index in [4.69, 9.17) is 51.6 Å². The number of fused-ring (bicyclic) bond motifs is 2. The van der Waals surface area contributed by atoms with Crippen LogP contribution in [0.1, 0.15) is 110 Å². The fourth-order valence-electron chi connectivity index (χ4n) is 8.96. The molecular weight excluding hydrogens is 1140 g/mol. The summed E-state index contributed by atoms with van der Waals surface area (Å²) in [6.07, 6.45) is -1.10. The van der Waals surface area contributed by atoms with Crippen molar-refractivity contribution < 1.29 is 48.5 Å². The third-order valence-electron chi connectivity index (χ3n) is 13.0. The van der Waals surface area contributed by atoms with Crippen LogP contribution in [-0.2, 0) is 45.2 Å². The molecule has 10 N–H and O–H groups in total. The maximum Gasteiger partial charge on any atom is 0.412 e. The van der Waals surface area contributed by atoms with Crippen LogP contribution in [0.3, 0.4) is 0 Å². The van der Waals surface area contributed by atoms with Crippen LogP contribution < -0.4 is 51.9 Å². The molecule has 8 aromatic rings. The Morgan fingerprint density at radius 3 is 1.09 bits per heavy atom. The summed E-state index contributed by atoms with van der Waals surface area (Å²) in [5.41, 5.74) is 21.3. The number of nitrogen functional groups attached to an aromatic ring is 2. The maximum atomic E-state index is 13.5. The number of hydrogen-bond acceptors (Lipinski definition) is 12. The number of nitrogens with one attached hydrogen (secondary N) is 6. The molecule has 0 aliphatic rings. The second kappa shape index (κ2) is 30.1. The number of benzene rings is 6. The van der Waals surface area contributed by atoms with E-state index in [0.717, 1.165) is 57.9 Å².